The maximum atomic E-state index is 13.1. The molecule has 2 rings (SSSR count). The Balaban J connectivity index is 1.98. The monoisotopic (exact) mass is 250 g/mol. The van der Waals surface area contributed by atoms with Gasteiger partial charge in [0.15, 0.2) is 0 Å². The zero-order chi connectivity index (χ0) is 13.0. The highest BCUT2D eigenvalue weighted by Gasteiger charge is 2.09. The van der Waals surface area contributed by atoms with Crippen LogP contribution in [0.3, 0.4) is 0 Å². The Labute approximate surface area is 102 Å². The van der Waals surface area contributed by atoms with Crippen LogP contribution in [0.2, 0.25) is 0 Å². The molecule has 94 valence electrons. The van der Waals surface area contributed by atoms with Crippen LogP contribution in [0.25, 0.3) is 0 Å². The standard InChI is InChI=1S/C12H11FN2O3/c13-11-3-10(4-12(5-11)15(16)17)7-14-6-9-1-2-18-8-9/h1-5,8,14H,6-7H2. The number of halogens is 1. The molecular weight excluding hydrogens is 239 g/mol. The first-order chi connectivity index (χ1) is 8.65. The predicted octanol–water partition coefficient (Wildman–Crippen LogP) is 2.62. The second-order valence-electron chi connectivity index (χ2n) is 3.81. The summed E-state index contributed by atoms with van der Waals surface area (Å²) in [5.41, 5.74) is 1.25. The van der Waals surface area contributed by atoms with Crippen LogP contribution in [-0.2, 0) is 13.1 Å². The summed E-state index contributed by atoms with van der Waals surface area (Å²) in [6.45, 7) is 0.907. The minimum atomic E-state index is -0.608. The average Bonchev–Trinajstić information content (AvgIpc) is 2.81. The SMILES string of the molecule is O=[N+]([O-])c1cc(F)cc(CNCc2ccoc2)c1. The number of benzene rings is 1. The highest BCUT2D eigenvalue weighted by molar-refractivity contribution is 5.35. The van der Waals surface area contributed by atoms with Gasteiger partial charge in [-0.25, -0.2) is 4.39 Å². The van der Waals surface area contributed by atoms with Gasteiger partial charge in [0.1, 0.15) is 5.82 Å². The van der Waals surface area contributed by atoms with Crippen molar-refractivity contribution in [2.24, 2.45) is 0 Å². The summed E-state index contributed by atoms with van der Waals surface area (Å²) in [5, 5.41) is 13.6. The molecule has 0 unspecified atom stereocenters. The Kier molecular flexibility index (Phi) is 3.69. The van der Waals surface area contributed by atoms with E-state index in [0.29, 0.717) is 18.7 Å². The van der Waals surface area contributed by atoms with Crippen LogP contribution in [0.5, 0.6) is 0 Å². The lowest BCUT2D eigenvalue weighted by Crippen LogP contribution is -2.12. The van der Waals surface area contributed by atoms with Crippen LogP contribution in [-0.4, -0.2) is 4.92 Å². The van der Waals surface area contributed by atoms with E-state index in [1.54, 1.807) is 18.6 Å². The van der Waals surface area contributed by atoms with Gasteiger partial charge in [-0.05, 0) is 17.7 Å². The second-order valence-corrected chi connectivity index (χ2v) is 3.81. The smallest absolute Gasteiger partial charge is 0.272 e. The molecule has 0 aliphatic rings. The fourth-order valence-electron chi connectivity index (χ4n) is 1.59. The molecule has 0 saturated heterocycles. The summed E-state index contributed by atoms with van der Waals surface area (Å²) >= 11 is 0. The van der Waals surface area contributed by atoms with Crippen molar-refractivity contribution >= 4 is 5.69 Å². The molecule has 0 aliphatic carbocycles. The average molecular weight is 250 g/mol. The summed E-state index contributed by atoms with van der Waals surface area (Å²) in [6, 6.07) is 5.33. The molecule has 1 aromatic heterocycles. The Morgan fingerprint density at radius 3 is 2.72 bits per heavy atom. The maximum Gasteiger partial charge on any atom is 0.272 e. The Morgan fingerprint density at radius 2 is 2.06 bits per heavy atom. The topological polar surface area (TPSA) is 68.3 Å². The Bertz CT molecular complexity index is 540. The zero-order valence-corrected chi connectivity index (χ0v) is 9.43. The largest absolute Gasteiger partial charge is 0.472 e. The molecule has 1 aromatic carbocycles. The lowest BCUT2D eigenvalue weighted by molar-refractivity contribution is -0.385. The molecule has 0 saturated carbocycles. The lowest BCUT2D eigenvalue weighted by atomic mass is 10.2. The number of nitrogens with zero attached hydrogens (tertiary/aromatic N) is 1. The lowest BCUT2D eigenvalue weighted by Gasteiger charge is -2.03. The van der Waals surface area contributed by atoms with E-state index in [4.69, 9.17) is 4.42 Å². The van der Waals surface area contributed by atoms with Gasteiger partial charge in [0.2, 0.25) is 0 Å². The summed E-state index contributed by atoms with van der Waals surface area (Å²) in [4.78, 5) is 9.96. The van der Waals surface area contributed by atoms with Crippen LogP contribution in [0, 0.1) is 15.9 Å². The molecule has 0 aliphatic heterocycles. The quantitative estimate of drug-likeness (QED) is 0.654. The first kappa shape index (κ1) is 12.3. The molecule has 0 bridgehead atoms. The van der Waals surface area contributed by atoms with Crippen molar-refractivity contribution in [1.29, 1.82) is 0 Å². The van der Waals surface area contributed by atoms with Crippen molar-refractivity contribution in [3.63, 3.8) is 0 Å². The van der Waals surface area contributed by atoms with Crippen LogP contribution < -0.4 is 5.32 Å². The highest BCUT2D eigenvalue weighted by Crippen LogP contribution is 2.16. The zero-order valence-electron chi connectivity index (χ0n) is 9.43. The van der Waals surface area contributed by atoms with Gasteiger partial charge in [-0.1, -0.05) is 0 Å². The van der Waals surface area contributed by atoms with Crippen molar-refractivity contribution in [1.82, 2.24) is 5.32 Å². The highest BCUT2D eigenvalue weighted by atomic mass is 19.1. The van der Waals surface area contributed by atoms with Crippen molar-refractivity contribution in [2.45, 2.75) is 13.1 Å². The third kappa shape index (κ3) is 3.14. The van der Waals surface area contributed by atoms with Crippen molar-refractivity contribution in [3.05, 3.63) is 63.9 Å². The van der Waals surface area contributed by atoms with E-state index in [2.05, 4.69) is 5.32 Å². The van der Waals surface area contributed by atoms with E-state index in [1.807, 2.05) is 0 Å². The second kappa shape index (κ2) is 5.42. The minimum Gasteiger partial charge on any atom is -0.472 e. The van der Waals surface area contributed by atoms with Crippen molar-refractivity contribution in [3.8, 4) is 0 Å². The van der Waals surface area contributed by atoms with E-state index in [0.717, 1.165) is 11.6 Å². The number of non-ortho nitro benzene ring substituents is 1. The number of rotatable bonds is 5. The molecule has 2 aromatic rings. The van der Waals surface area contributed by atoms with Crippen molar-refractivity contribution in [2.75, 3.05) is 0 Å². The van der Waals surface area contributed by atoms with E-state index < -0.39 is 10.7 Å². The van der Waals surface area contributed by atoms with Crippen LogP contribution in [0.15, 0.2) is 41.2 Å². The Hall–Kier alpha value is -2.21. The molecule has 0 radical (unpaired) electrons. The van der Waals surface area contributed by atoms with E-state index in [9.17, 15) is 14.5 Å². The van der Waals surface area contributed by atoms with Crippen LogP contribution in [0.1, 0.15) is 11.1 Å². The van der Waals surface area contributed by atoms with Gasteiger partial charge in [0, 0.05) is 24.7 Å². The van der Waals surface area contributed by atoms with Gasteiger partial charge < -0.3 is 9.73 Å². The number of nitrogens with one attached hydrogen (secondary N) is 1. The third-order valence-corrected chi connectivity index (χ3v) is 2.39. The number of hydrogen-bond donors (Lipinski definition) is 1. The molecule has 0 spiro atoms. The van der Waals surface area contributed by atoms with Gasteiger partial charge in [-0.15, -0.1) is 0 Å². The van der Waals surface area contributed by atoms with Crippen LogP contribution >= 0.6 is 0 Å². The Morgan fingerprint density at radius 1 is 1.28 bits per heavy atom. The molecule has 0 atom stereocenters. The molecule has 0 amide bonds. The maximum absolute atomic E-state index is 13.1. The van der Waals surface area contributed by atoms with Crippen molar-refractivity contribution < 1.29 is 13.7 Å². The number of hydrogen-bond acceptors (Lipinski definition) is 4. The molecule has 1 N–H and O–H groups in total. The molecular formula is C12H11FN2O3. The van der Waals surface area contributed by atoms with E-state index in [1.165, 1.54) is 12.1 Å². The first-order valence-corrected chi connectivity index (χ1v) is 5.31. The molecule has 0 fully saturated rings. The van der Waals surface area contributed by atoms with Gasteiger partial charge in [0.25, 0.3) is 5.69 Å². The normalized spacial score (nSPS) is 10.5. The van der Waals surface area contributed by atoms with E-state index >= 15 is 0 Å². The molecule has 6 heteroatoms. The predicted molar refractivity (Wildman–Crippen MR) is 62.3 cm³/mol. The number of nitro groups is 1. The number of nitro benzene ring substituents is 1. The van der Waals surface area contributed by atoms with Gasteiger partial charge >= 0.3 is 0 Å². The summed E-state index contributed by atoms with van der Waals surface area (Å²) < 4.78 is 18.0. The van der Waals surface area contributed by atoms with Gasteiger partial charge in [0.05, 0.1) is 23.5 Å². The fourth-order valence-corrected chi connectivity index (χ4v) is 1.59. The van der Waals surface area contributed by atoms with Crippen LogP contribution in [0.4, 0.5) is 10.1 Å². The summed E-state index contributed by atoms with van der Waals surface area (Å²) in [7, 11) is 0. The minimum absolute atomic E-state index is 0.241. The third-order valence-electron chi connectivity index (χ3n) is 2.39. The van der Waals surface area contributed by atoms with Gasteiger partial charge in [-0.3, -0.25) is 10.1 Å². The summed E-state index contributed by atoms with van der Waals surface area (Å²) in [5.74, 6) is -0.607. The molecule has 18 heavy (non-hydrogen) atoms. The summed E-state index contributed by atoms with van der Waals surface area (Å²) in [6.07, 6.45) is 3.16. The van der Waals surface area contributed by atoms with E-state index in [-0.39, 0.29) is 5.69 Å². The number of furan rings is 1. The molecule has 5 nitrogen and oxygen atoms in total. The molecule has 1 heterocycles. The van der Waals surface area contributed by atoms with Gasteiger partial charge in [-0.2, -0.15) is 0 Å². The first-order valence-electron chi connectivity index (χ1n) is 5.31. The fraction of sp³-hybridized carbons (Fsp3) is 0.167.